The molecule has 0 radical (unpaired) electrons. The molecule has 1 aromatic carbocycles. The van der Waals surface area contributed by atoms with Gasteiger partial charge in [-0.1, -0.05) is 19.9 Å². The van der Waals surface area contributed by atoms with E-state index in [0.717, 1.165) is 47.7 Å². The molecule has 156 valence electrons. The second-order valence-corrected chi connectivity index (χ2v) is 7.27. The van der Waals surface area contributed by atoms with Crippen molar-refractivity contribution in [1.29, 1.82) is 0 Å². The van der Waals surface area contributed by atoms with E-state index in [2.05, 4.69) is 46.8 Å². The molecule has 1 aromatic heterocycles. The van der Waals surface area contributed by atoms with E-state index in [1.54, 1.807) is 18.4 Å². The molecule has 0 amide bonds. The molecule has 0 atom stereocenters. The number of thiazole rings is 1. The molecule has 0 bridgehead atoms. The fraction of sp³-hybridized carbons (Fsp3) is 0.500. The van der Waals surface area contributed by atoms with Crippen LogP contribution >= 0.6 is 35.3 Å². The van der Waals surface area contributed by atoms with E-state index in [0.29, 0.717) is 19.1 Å². The van der Waals surface area contributed by atoms with Crippen LogP contribution in [0.15, 0.2) is 34.6 Å². The van der Waals surface area contributed by atoms with E-state index < -0.39 is 0 Å². The molecule has 1 heterocycles. The summed E-state index contributed by atoms with van der Waals surface area (Å²) in [5.74, 6) is 2.88. The Bertz CT molecular complexity index is 722. The Morgan fingerprint density at radius 3 is 2.71 bits per heavy atom. The van der Waals surface area contributed by atoms with Crippen LogP contribution < -0.4 is 20.1 Å². The predicted octanol–water partition coefficient (Wildman–Crippen LogP) is 4.42. The van der Waals surface area contributed by atoms with Gasteiger partial charge in [-0.25, -0.2) is 9.98 Å². The van der Waals surface area contributed by atoms with Gasteiger partial charge in [0.15, 0.2) is 5.96 Å². The van der Waals surface area contributed by atoms with Crippen LogP contribution in [0.1, 0.15) is 43.8 Å². The standard InChI is InChI=1S/C20H30N4O2S.HI/c1-5-21-20(23-13-19-24-18(14-27-19)15(2)3)22-10-7-11-26-17-9-6-8-16(12-17)25-4;/h6,8-9,12,14-15H,5,7,10-11,13H2,1-4H3,(H2,21,22,23);1H. The van der Waals surface area contributed by atoms with Gasteiger partial charge in [-0.15, -0.1) is 35.3 Å². The van der Waals surface area contributed by atoms with E-state index in [1.165, 1.54) is 0 Å². The fourth-order valence-corrected chi connectivity index (χ4v) is 3.19. The number of ether oxygens (including phenoxy) is 2. The van der Waals surface area contributed by atoms with Crippen molar-refractivity contribution in [2.24, 2.45) is 4.99 Å². The van der Waals surface area contributed by atoms with Crippen molar-refractivity contribution >= 4 is 41.3 Å². The maximum absolute atomic E-state index is 5.76. The number of benzene rings is 1. The second-order valence-electron chi connectivity index (χ2n) is 6.32. The molecule has 2 aromatic rings. The first kappa shape index (κ1) is 24.5. The minimum absolute atomic E-state index is 0. The quantitative estimate of drug-likeness (QED) is 0.211. The molecule has 8 heteroatoms. The van der Waals surface area contributed by atoms with Crippen molar-refractivity contribution in [3.63, 3.8) is 0 Å². The third-order valence-corrected chi connectivity index (χ3v) is 4.65. The minimum Gasteiger partial charge on any atom is -0.497 e. The normalized spacial score (nSPS) is 11.1. The molecular formula is C20H31IN4O2S. The van der Waals surface area contributed by atoms with E-state index >= 15 is 0 Å². The molecule has 6 nitrogen and oxygen atoms in total. The maximum atomic E-state index is 5.76. The summed E-state index contributed by atoms with van der Waals surface area (Å²) in [6.45, 7) is 9.19. The Labute approximate surface area is 189 Å². The first-order valence-electron chi connectivity index (χ1n) is 9.35. The smallest absolute Gasteiger partial charge is 0.191 e. The molecule has 0 unspecified atom stereocenters. The molecular weight excluding hydrogens is 487 g/mol. The van der Waals surface area contributed by atoms with Gasteiger partial charge in [0.25, 0.3) is 0 Å². The van der Waals surface area contributed by atoms with Crippen LogP contribution in [0.3, 0.4) is 0 Å². The molecule has 28 heavy (non-hydrogen) atoms. The summed E-state index contributed by atoms with van der Waals surface area (Å²) in [6, 6.07) is 7.64. The number of halogens is 1. The van der Waals surface area contributed by atoms with Gasteiger partial charge in [0.05, 0.1) is 26.0 Å². The van der Waals surface area contributed by atoms with Crippen molar-refractivity contribution in [2.75, 3.05) is 26.8 Å². The van der Waals surface area contributed by atoms with Crippen LogP contribution in [0.4, 0.5) is 0 Å². The maximum Gasteiger partial charge on any atom is 0.191 e. The van der Waals surface area contributed by atoms with Gasteiger partial charge < -0.3 is 20.1 Å². The Balaban J connectivity index is 0.00000392. The summed E-state index contributed by atoms with van der Waals surface area (Å²) < 4.78 is 11.0. The fourth-order valence-electron chi connectivity index (χ4n) is 2.31. The number of hydrogen-bond donors (Lipinski definition) is 2. The highest BCUT2D eigenvalue weighted by Gasteiger charge is 2.05. The van der Waals surface area contributed by atoms with Crippen molar-refractivity contribution in [2.45, 2.75) is 39.7 Å². The van der Waals surface area contributed by atoms with Gasteiger partial charge in [0, 0.05) is 24.5 Å². The molecule has 0 saturated carbocycles. The van der Waals surface area contributed by atoms with E-state index in [9.17, 15) is 0 Å². The van der Waals surface area contributed by atoms with Crippen molar-refractivity contribution in [3.05, 3.63) is 40.3 Å². The molecule has 0 aliphatic carbocycles. The number of aromatic nitrogens is 1. The third-order valence-electron chi connectivity index (χ3n) is 3.80. The summed E-state index contributed by atoms with van der Waals surface area (Å²) in [4.78, 5) is 9.24. The Hall–Kier alpha value is -1.55. The Kier molecular flexibility index (Phi) is 11.9. The van der Waals surface area contributed by atoms with Crippen LogP contribution in [0, 0.1) is 0 Å². The topological polar surface area (TPSA) is 67.8 Å². The van der Waals surface area contributed by atoms with E-state index in [1.807, 2.05) is 24.3 Å². The predicted molar refractivity (Wildman–Crippen MR) is 128 cm³/mol. The molecule has 2 rings (SSSR count). The zero-order valence-corrected chi connectivity index (χ0v) is 20.2. The molecule has 2 N–H and O–H groups in total. The molecule has 0 spiro atoms. The molecule has 0 saturated heterocycles. The lowest BCUT2D eigenvalue weighted by atomic mass is 10.2. The first-order valence-corrected chi connectivity index (χ1v) is 10.2. The van der Waals surface area contributed by atoms with Crippen LogP contribution in [0.5, 0.6) is 11.5 Å². The number of guanidine groups is 1. The van der Waals surface area contributed by atoms with E-state index in [4.69, 9.17) is 9.47 Å². The van der Waals surface area contributed by atoms with Gasteiger partial charge in [0.2, 0.25) is 0 Å². The van der Waals surface area contributed by atoms with Gasteiger partial charge >= 0.3 is 0 Å². The minimum atomic E-state index is 0. The zero-order valence-electron chi connectivity index (χ0n) is 17.0. The highest BCUT2D eigenvalue weighted by Crippen LogP contribution is 2.19. The SMILES string of the molecule is CCNC(=NCc1nc(C(C)C)cs1)NCCCOc1cccc(OC)c1.I. The highest BCUT2D eigenvalue weighted by molar-refractivity contribution is 14.0. The highest BCUT2D eigenvalue weighted by atomic mass is 127. The molecule has 0 fully saturated rings. The van der Waals surface area contributed by atoms with Crippen LogP contribution in [0.2, 0.25) is 0 Å². The lowest BCUT2D eigenvalue weighted by molar-refractivity contribution is 0.308. The van der Waals surface area contributed by atoms with Crippen LogP contribution in [-0.4, -0.2) is 37.7 Å². The Morgan fingerprint density at radius 1 is 1.25 bits per heavy atom. The summed E-state index contributed by atoms with van der Waals surface area (Å²) in [5, 5.41) is 9.76. The van der Waals surface area contributed by atoms with Crippen molar-refractivity contribution < 1.29 is 9.47 Å². The Morgan fingerprint density at radius 2 is 2.04 bits per heavy atom. The lowest BCUT2D eigenvalue weighted by Crippen LogP contribution is -2.38. The average Bonchev–Trinajstić information content (AvgIpc) is 3.15. The second kappa shape index (κ2) is 13.6. The number of aliphatic imine (C=N–C) groups is 1. The number of nitrogens with zero attached hydrogens (tertiary/aromatic N) is 2. The average molecular weight is 518 g/mol. The summed E-state index contributed by atoms with van der Waals surface area (Å²) >= 11 is 1.67. The van der Waals surface area contributed by atoms with Crippen LogP contribution in [0.25, 0.3) is 0 Å². The molecule has 0 aliphatic rings. The summed E-state index contributed by atoms with van der Waals surface area (Å²) in [7, 11) is 1.65. The van der Waals surface area contributed by atoms with Gasteiger partial charge in [0.1, 0.15) is 16.5 Å². The number of methoxy groups -OCH3 is 1. The van der Waals surface area contributed by atoms with Gasteiger partial charge in [-0.05, 0) is 31.4 Å². The zero-order chi connectivity index (χ0) is 19.5. The largest absolute Gasteiger partial charge is 0.497 e. The lowest BCUT2D eigenvalue weighted by Gasteiger charge is -2.11. The van der Waals surface area contributed by atoms with Gasteiger partial charge in [-0.3, -0.25) is 0 Å². The number of hydrogen-bond acceptors (Lipinski definition) is 5. The summed E-state index contributed by atoms with van der Waals surface area (Å²) in [5.41, 5.74) is 1.14. The monoisotopic (exact) mass is 518 g/mol. The number of nitrogens with one attached hydrogen (secondary N) is 2. The number of rotatable bonds is 10. The van der Waals surface area contributed by atoms with Crippen molar-refractivity contribution in [3.8, 4) is 11.5 Å². The first-order chi connectivity index (χ1) is 13.1. The van der Waals surface area contributed by atoms with Crippen molar-refractivity contribution in [1.82, 2.24) is 15.6 Å². The van der Waals surface area contributed by atoms with Crippen LogP contribution in [-0.2, 0) is 6.54 Å². The third kappa shape index (κ3) is 8.64. The molecule has 0 aliphatic heterocycles. The van der Waals surface area contributed by atoms with Gasteiger partial charge in [-0.2, -0.15) is 0 Å². The summed E-state index contributed by atoms with van der Waals surface area (Å²) in [6.07, 6.45) is 0.871. The van der Waals surface area contributed by atoms with E-state index in [-0.39, 0.29) is 24.0 Å².